The summed E-state index contributed by atoms with van der Waals surface area (Å²) >= 11 is 0. The molecule has 1 N–H and O–H groups in total. The molecule has 1 saturated heterocycles. The summed E-state index contributed by atoms with van der Waals surface area (Å²) in [6.45, 7) is 15.4. The number of aromatic nitrogens is 1. The van der Waals surface area contributed by atoms with Crippen molar-refractivity contribution in [3.8, 4) is 17.9 Å². The molecule has 4 nitrogen and oxygen atoms in total. The first-order chi connectivity index (χ1) is 16.9. The minimum Gasteiger partial charge on any atom is -0.368 e. The average molecular weight is 461 g/mol. The Labute approximate surface area is 208 Å². The van der Waals surface area contributed by atoms with E-state index in [9.17, 15) is 5.26 Å². The summed E-state index contributed by atoms with van der Waals surface area (Å²) in [5.74, 6) is 6.56. The molecule has 0 bridgehead atoms. The fourth-order valence-electron chi connectivity index (χ4n) is 6.25. The maximum Gasteiger partial charge on any atom is 0.0992 e. The van der Waals surface area contributed by atoms with E-state index in [0.29, 0.717) is 5.56 Å². The van der Waals surface area contributed by atoms with Crippen molar-refractivity contribution in [2.45, 2.75) is 51.5 Å². The molecule has 2 aromatic carbocycles. The summed E-state index contributed by atoms with van der Waals surface area (Å²) in [7, 11) is 0. The number of nitrogens with one attached hydrogen (secondary N) is 1. The van der Waals surface area contributed by atoms with E-state index in [-0.39, 0.29) is 5.41 Å². The lowest BCUT2D eigenvalue weighted by Gasteiger charge is -2.44. The Hall–Kier alpha value is -3.47. The van der Waals surface area contributed by atoms with Crippen LogP contribution in [0.4, 0.5) is 5.69 Å². The van der Waals surface area contributed by atoms with Crippen LogP contribution in [0.2, 0.25) is 0 Å². The molecule has 0 unspecified atom stereocenters. The van der Waals surface area contributed by atoms with Crippen molar-refractivity contribution in [2.75, 3.05) is 31.1 Å². The number of piperazine rings is 1. The predicted molar refractivity (Wildman–Crippen MR) is 144 cm³/mol. The quantitative estimate of drug-likeness (QED) is 0.493. The number of nitrogens with zero attached hydrogens (tertiary/aromatic N) is 3. The molecule has 35 heavy (non-hydrogen) atoms. The maximum absolute atomic E-state index is 9.39. The van der Waals surface area contributed by atoms with Crippen LogP contribution in [0.15, 0.2) is 36.9 Å². The minimum atomic E-state index is -0.224. The van der Waals surface area contributed by atoms with Crippen molar-refractivity contribution in [3.05, 3.63) is 70.4 Å². The summed E-state index contributed by atoms with van der Waals surface area (Å²) < 4.78 is 0. The van der Waals surface area contributed by atoms with Crippen LogP contribution in [0.3, 0.4) is 0 Å². The van der Waals surface area contributed by atoms with E-state index in [1.165, 1.54) is 47.3 Å². The van der Waals surface area contributed by atoms with Gasteiger partial charge in [0.1, 0.15) is 0 Å². The van der Waals surface area contributed by atoms with Crippen LogP contribution in [0.1, 0.15) is 73.5 Å². The standard InChI is InChI=1S/C31H32N4/c1-5-7-22-17-25-20(2)29-24-11-10-21(19-32)16-27(24)33-30(29)31(3,4)26(25)18-28(22)35-14-12-34(13-15-35)23-8-6-9-23/h10-11,16-18,23,33H,2,6,8-9,12-15H2,1,3-4H3. The zero-order valence-corrected chi connectivity index (χ0v) is 21.0. The number of anilines is 1. The summed E-state index contributed by atoms with van der Waals surface area (Å²) in [6.07, 6.45) is 4.12. The van der Waals surface area contributed by atoms with Crippen molar-refractivity contribution >= 4 is 22.2 Å². The van der Waals surface area contributed by atoms with Gasteiger partial charge in [-0.1, -0.05) is 38.8 Å². The third-order valence-electron chi connectivity index (χ3n) is 8.49. The van der Waals surface area contributed by atoms with Crippen molar-refractivity contribution in [1.82, 2.24) is 9.88 Å². The maximum atomic E-state index is 9.39. The lowest BCUT2D eigenvalue weighted by molar-refractivity contribution is 0.120. The van der Waals surface area contributed by atoms with E-state index in [2.05, 4.69) is 71.3 Å². The Balaban J connectivity index is 1.45. The smallest absolute Gasteiger partial charge is 0.0992 e. The van der Waals surface area contributed by atoms with Crippen molar-refractivity contribution in [1.29, 1.82) is 5.26 Å². The van der Waals surface area contributed by atoms with Gasteiger partial charge in [-0.05, 0) is 60.7 Å². The van der Waals surface area contributed by atoms with E-state index in [0.717, 1.165) is 54.3 Å². The SMILES string of the molecule is C=C1c2cc(C#CC)c(N3CCN(C4CCC4)CC3)cc2C(C)(C)c2[nH]c3cc(C#N)ccc3c21. The van der Waals surface area contributed by atoms with E-state index in [4.69, 9.17) is 0 Å². The van der Waals surface area contributed by atoms with Crippen LogP contribution in [0.5, 0.6) is 0 Å². The molecule has 1 aliphatic heterocycles. The summed E-state index contributed by atoms with van der Waals surface area (Å²) in [5, 5.41) is 10.5. The summed E-state index contributed by atoms with van der Waals surface area (Å²) in [4.78, 5) is 8.88. The van der Waals surface area contributed by atoms with Crippen LogP contribution < -0.4 is 4.90 Å². The second kappa shape index (κ2) is 8.04. The fraction of sp³-hybridized carbons (Fsp3) is 0.387. The zero-order valence-electron chi connectivity index (χ0n) is 21.0. The first kappa shape index (κ1) is 22.0. The molecule has 0 amide bonds. The van der Waals surface area contributed by atoms with E-state index in [1.807, 2.05) is 19.1 Å². The molecule has 3 aliphatic rings. The van der Waals surface area contributed by atoms with Crippen LogP contribution in [-0.2, 0) is 5.41 Å². The largest absolute Gasteiger partial charge is 0.368 e. The second-order valence-corrected chi connectivity index (χ2v) is 10.7. The van der Waals surface area contributed by atoms with E-state index in [1.54, 1.807) is 0 Å². The molecule has 0 spiro atoms. The van der Waals surface area contributed by atoms with Crippen molar-refractivity contribution < 1.29 is 0 Å². The highest BCUT2D eigenvalue weighted by Crippen LogP contribution is 2.49. The third-order valence-corrected chi connectivity index (χ3v) is 8.49. The Kier molecular flexibility index (Phi) is 5.06. The van der Waals surface area contributed by atoms with Crippen LogP contribution >= 0.6 is 0 Å². The molecule has 4 heteroatoms. The number of hydrogen-bond acceptors (Lipinski definition) is 3. The van der Waals surface area contributed by atoms with Gasteiger partial charge in [-0.25, -0.2) is 0 Å². The number of benzene rings is 2. The number of hydrogen-bond donors (Lipinski definition) is 1. The molecule has 2 heterocycles. The van der Waals surface area contributed by atoms with E-state index >= 15 is 0 Å². The van der Waals surface area contributed by atoms with Crippen molar-refractivity contribution in [2.24, 2.45) is 0 Å². The number of fused-ring (bicyclic) bond motifs is 4. The van der Waals surface area contributed by atoms with Crippen LogP contribution in [0.25, 0.3) is 16.5 Å². The molecule has 1 saturated carbocycles. The molecule has 6 rings (SSSR count). The minimum absolute atomic E-state index is 0.224. The molecule has 2 aliphatic carbocycles. The van der Waals surface area contributed by atoms with Crippen LogP contribution in [-0.4, -0.2) is 42.1 Å². The van der Waals surface area contributed by atoms with Gasteiger partial charge in [0.05, 0.1) is 17.3 Å². The third kappa shape index (κ3) is 3.32. The molecule has 176 valence electrons. The van der Waals surface area contributed by atoms with Gasteiger partial charge in [-0.3, -0.25) is 4.90 Å². The van der Waals surface area contributed by atoms with Crippen LogP contribution in [0, 0.1) is 23.2 Å². The van der Waals surface area contributed by atoms with Gasteiger partial charge >= 0.3 is 0 Å². The highest BCUT2D eigenvalue weighted by molar-refractivity contribution is 6.01. The molecule has 2 fully saturated rings. The molecule has 1 aromatic heterocycles. The molecule has 0 radical (unpaired) electrons. The lowest BCUT2D eigenvalue weighted by Crippen LogP contribution is -2.52. The van der Waals surface area contributed by atoms with Gasteiger partial charge in [-0.15, -0.1) is 5.92 Å². The second-order valence-electron chi connectivity index (χ2n) is 10.7. The Morgan fingerprint density at radius 3 is 2.51 bits per heavy atom. The Bertz CT molecular complexity index is 1460. The number of aromatic amines is 1. The predicted octanol–water partition coefficient (Wildman–Crippen LogP) is 5.79. The first-order valence-electron chi connectivity index (χ1n) is 12.8. The summed E-state index contributed by atoms with van der Waals surface area (Å²) in [6, 6.07) is 13.6. The van der Waals surface area contributed by atoms with Gasteiger partial charge in [0.15, 0.2) is 0 Å². The highest BCUT2D eigenvalue weighted by atomic mass is 15.3. The summed E-state index contributed by atoms with van der Waals surface area (Å²) in [5.41, 5.74) is 9.63. The molecular weight excluding hydrogens is 428 g/mol. The van der Waals surface area contributed by atoms with Gasteiger partial charge in [-0.2, -0.15) is 5.26 Å². The van der Waals surface area contributed by atoms with Gasteiger partial charge in [0.25, 0.3) is 0 Å². The highest BCUT2D eigenvalue weighted by Gasteiger charge is 2.38. The van der Waals surface area contributed by atoms with Gasteiger partial charge in [0, 0.05) is 65.4 Å². The molecule has 0 atom stereocenters. The van der Waals surface area contributed by atoms with Gasteiger partial charge < -0.3 is 9.88 Å². The van der Waals surface area contributed by atoms with Crippen molar-refractivity contribution in [3.63, 3.8) is 0 Å². The number of rotatable bonds is 2. The van der Waals surface area contributed by atoms with E-state index < -0.39 is 0 Å². The Morgan fingerprint density at radius 1 is 1.09 bits per heavy atom. The number of nitriles is 1. The topological polar surface area (TPSA) is 46.1 Å². The molecule has 3 aromatic rings. The monoisotopic (exact) mass is 460 g/mol. The fourth-order valence-corrected chi connectivity index (χ4v) is 6.25. The molecular formula is C31H32N4. The lowest BCUT2D eigenvalue weighted by atomic mass is 9.69. The first-order valence-corrected chi connectivity index (χ1v) is 12.8. The average Bonchev–Trinajstić information content (AvgIpc) is 3.22. The number of H-pyrrole nitrogens is 1. The zero-order chi connectivity index (χ0) is 24.3. The van der Waals surface area contributed by atoms with Gasteiger partial charge in [0.2, 0.25) is 0 Å². The normalized spacial score (nSPS) is 19.4. The Morgan fingerprint density at radius 2 is 1.86 bits per heavy atom.